The number of fused-ring (bicyclic) bond motifs is 2. The van der Waals surface area contributed by atoms with Gasteiger partial charge in [-0.05, 0) is 61.9 Å². The number of amides is 2. The van der Waals surface area contributed by atoms with Crippen molar-refractivity contribution < 1.29 is 23.3 Å². The predicted octanol–water partition coefficient (Wildman–Crippen LogP) is 6.22. The van der Waals surface area contributed by atoms with Crippen LogP contribution in [-0.4, -0.2) is 23.1 Å². The van der Waals surface area contributed by atoms with E-state index in [1.54, 1.807) is 36.4 Å². The summed E-state index contributed by atoms with van der Waals surface area (Å²) in [6.07, 6.45) is 0.939. The second kappa shape index (κ2) is 8.98. The van der Waals surface area contributed by atoms with E-state index in [0.29, 0.717) is 22.4 Å². The van der Waals surface area contributed by atoms with E-state index in [-0.39, 0.29) is 23.2 Å². The minimum Gasteiger partial charge on any atom is -0.490 e. The van der Waals surface area contributed by atoms with Crippen molar-refractivity contribution in [2.75, 3.05) is 10.6 Å². The molecule has 37 heavy (non-hydrogen) atoms. The highest BCUT2D eigenvalue weighted by atomic mass is 16.5. The zero-order valence-electron chi connectivity index (χ0n) is 20.2. The van der Waals surface area contributed by atoms with E-state index in [0.717, 1.165) is 28.9 Å². The van der Waals surface area contributed by atoms with Crippen LogP contribution >= 0.6 is 0 Å². The monoisotopic (exact) mass is 493 g/mol. The number of anilines is 2. The Bertz CT molecular complexity index is 1650. The molecule has 3 aromatic carbocycles. The number of carbonyl (C=O) groups is 2. The molecule has 0 saturated carbocycles. The summed E-state index contributed by atoms with van der Waals surface area (Å²) in [5.41, 5.74) is 4.39. The first-order valence-corrected chi connectivity index (χ1v) is 11.9. The molecule has 0 spiro atoms. The summed E-state index contributed by atoms with van der Waals surface area (Å²) in [5.74, 6) is 0.306. The summed E-state index contributed by atoms with van der Waals surface area (Å²) in [4.78, 5) is 26.3. The summed E-state index contributed by atoms with van der Waals surface area (Å²) < 4.78 is 17.1. The van der Waals surface area contributed by atoms with Gasteiger partial charge in [0.2, 0.25) is 5.76 Å². The maximum Gasteiger partial charge on any atom is 0.293 e. The van der Waals surface area contributed by atoms with Gasteiger partial charge in [0, 0.05) is 29.1 Å². The van der Waals surface area contributed by atoms with Crippen LogP contribution in [0.3, 0.4) is 0 Å². The number of carbonyl (C=O) groups excluding carboxylic acids is 2. The molecular formula is C29H23N3O5. The maximum absolute atomic E-state index is 13.2. The lowest BCUT2D eigenvalue weighted by Crippen LogP contribution is -2.17. The number of furan rings is 1. The van der Waals surface area contributed by atoms with Crippen molar-refractivity contribution >= 4 is 34.2 Å². The van der Waals surface area contributed by atoms with Crippen LogP contribution in [0.1, 0.15) is 39.1 Å². The van der Waals surface area contributed by atoms with E-state index in [1.165, 1.54) is 0 Å². The summed E-state index contributed by atoms with van der Waals surface area (Å²) in [6.45, 7) is 3.98. The van der Waals surface area contributed by atoms with Crippen LogP contribution in [0.2, 0.25) is 0 Å². The van der Waals surface area contributed by atoms with Crippen molar-refractivity contribution in [3.8, 4) is 17.1 Å². The third-order valence-electron chi connectivity index (χ3n) is 6.27. The van der Waals surface area contributed by atoms with Gasteiger partial charge in [-0.25, -0.2) is 0 Å². The number of nitrogens with zero attached hydrogens (tertiary/aromatic N) is 1. The Kier molecular flexibility index (Phi) is 5.49. The number of rotatable bonds is 5. The molecule has 2 amide bonds. The Morgan fingerprint density at radius 2 is 1.76 bits per heavy atom. The topological polar surface area (TPSA) is 107 Å². The van der Waals surface area contributed by atoms with Gasteiger partial charge in [-0.2, -0.15) is 0 Å². The molecule has 0 radical (unpaired) electrons. The Labute approximate surface area is 212 Å². The fraction of sp³-hybridized carbons (Fsp3) is 0.138. The van der Waals surface area contributed by atoms with Gasteiger partial charge in [0.25, 0.3) is 11.8 Å². The fourth-order valence-corrected chi connectivity index (χ4v) is 4.43. The van der Waals surface area contributed by atoms with Crippen molar-refractivity contribution in [1.29, 1.82) is 0 Å². The molecular weight excluding hydrogens is 470 g/mol. The molecule has 0 aliphatic carbocycles. The number of ether oxygens (including phenoxy) is 1. The van der Waals surface area contributed by atoms with Crippen molar-refractivity contribution in [3.63, 3.8) is 0 Å². The van der Waals surface area contributed by atoms with Crippen molar-refractivity contribution in [1.82, 2.24) is 5.16 Å². The largest absolute Gasteiger partial charge is 0.490 e. The van der Waals surface area contributed by atoms with Gasteiger partial charge in [0.05, 0.1) is 0 Å². The molecule has 0 saturated heterocycles. The van der Waals surface area contributed by atoms with Gasteiger partial charge in [0.1, 0.15) is 23.1 Å². The molecule has 8 heteroatoms. The van der Waals surface area contributed by atoms with Gasteiger partial charge in [-0.1, -0.05) is 35.0 Å². The van der Waals surface area contributed by atoms with Gasteiger partial charge in [0.15, 0.2) is 11.5 Å². The quantitative estimate of drug-likeness (QED) is 0.301. The first kappa shape index (κ1) is 22.6. The van der Waals surface area contributed by atoms with E-state index in [4.69, 9.17) is 13.7 Å². The minimum atomic E-state index is -0.524. The van der Waals surface area contributed by atoms with Crippen LogP contribution in [-0.2, 0) is 6.42 Å². The minimum absolute atomic E-state index is 0.00779. The van der Waals surface area contributed by atoms with Crippen molar-refractivity contribution in [2.45, 2.75) is 26.4 Å². The van der Waals surface area contributed by atoms with Gasteiger partial charge < -0.3 is 24.3 Å². The number of aromatic nitrogens is 1. The number of aryl methyl sites for hydroxylation is 1. The lowest BCUT2D eigenvalue weighted by molar-refractivity contribution is 0.0999. The van der Waals surface area contributed by atoms with Crippen LogP contribution in [0.15, 0.2) is 81.7 Å². The Hall–Kier alpha value is -4.85. The molecule has 1 aliphatic rings. The van der Waals surface area contributed by atoms with Crippen molar-refractivity contribution in [2.24, 2.45) is 0 Å². The number of nitrogens with one attached hydrogen (secondary N) is 2. The van der Waals surface area contributed by atoms with Gasteiger partial charge in [-0.15, -0.1) is 0 Å². The third kappa shape index (κ3) is 4.33. The zero-order valence-corrected chi connectivity index (χ0v) is 20.2. The Morgan fingerprint density at radius 1 is 0.946 bits per heavy atom. The summed E-state index contributed by atoms with van der Waals surface area (Å²) in [6, 6.07) is 21.8. The van der Waals surface area contributed by atoms with E-state index in [2.05, 4.69) is 15.8 Å². The molecule has 0 unspecified atom stereocenters. The van der Waals surface area contributed by atoms with E-state index in [9.17, 15) is 9.59 Å². The normalized spacial score (nSPS) is 14.3. The lowest BCUT2D eigenvalue weighted by atomic mass is 10.1. The molecule has 3 heterocycles. The van der Waals surface area contributed by atoms with Crippen LogP contribution < -0.4 is 15.4 Å². The van der Waals surface area contributed by atoms with E-state index in [1.807, 2.05) is 50.2 Å². The molecule has 0 fully saturated rings. The van der Waals surface area contributed by atoms with Crippen molar-refractivity contribution in [3.05, 3.63) is 95.4 Å². The average molecular weight is 494 g/mol. The molecule has 8 nitrogen and oxygen atoms in total. The van der Waals surface area contributed by atoms with E-state index < -0.39 is 11.8 Å². The third-order valence-corrected chi connectivity index (χ3v) is 6.27. The summed E-state index contributed by atoms with van der Waals surface area (Å²) in [5, 5.41) is 10.2. The highest BCUT2D eigenvalue weighted by Gasteiger charge is 2.25. The highest BCUT2D eigenvalue weighted by Crippen LogP contribution is 2.34. The first-order valence-electron chi connectivity index (χ1n) is 11.9. The molecule has 6 rings (SSSR count). The molecule has 1 aliphatic heterocycles. The predicted molar refractivity (Wildman–Crippen MR) is 139 cm³/mol. The average Bonchev–Trinajstić information content (AvgIpc) is 3.61. The van der Waals surface area contributed by atoms with Gasteiger partial charge in [-0.3, -0.25) is 9.59 Å². The smallest absolute Gasteiger partial charge is 0.293 e. The maximum atomic E-state index is 13.2. The molecule has 184 valence electrons. The first-order chi connectivity index (χ1) is 17.9. The summed E-state index contributed by atoms with van der Waals surface area (Å²) in [7, 11) is 0. The Balaban J connectivity index is 1.27. The second-order valence-corrected chi connectivity index (χ2v) is 9.11. The zero-order chi connectivity index (χ0) is 25.5. The van der Waals surface area contributed by atoms with Crippen LogP contribution in [0.4, 0.5) is 11.4 Å². The van der Waals surface area contributed by atoms with Crippen LogP contribution in [0, 0.1) is 6.92 Å². The SMILES string of the molecule is Cc1ccc(NC(=O)c2oc3ccccc3c2NC(=O)c2cc(-c3ccc4c(c3)C[C@@H](C)O4)on2)cc1. The number of benzene rings is 3. The molecule has 1 atom stereocenters. The number of para-hydroxylation sites is 1. The van der Waals surface area contributed by atoms with Crippen LogP contribution in [0.5, 0.6) is 5.75 Å². The standard InChI is InChI=1S/C29H23N3O5/c1-16-7-10-20(11-8-16)30-29(34)27-26(21-5-3-4-6-24(21)36-27)31-28(33)22-15-25(37-32-22)18-9-12-23-19(14-18)13-17(2)35-23/h3-12,14-15,17H,13H2,1-2H3,(H,30,34)(H,31,33)/t17-/m1/s1. The lowest BCUT2D eigenvalue weighted by Gasteiger charge is -2.06. The molecule has 5 aromatic rings. The Morgan fingerprint density at radius 3 is 2.59 bits per heavy atom. The molecule has 0 bridgehead atoms. The fourth-order valence-electron chi connectivity index (χ4n) is 4.43. The van der Waals surface area contributed by atoms with Gasteiger partial charge >= 0.3 is 0 Å². The van der Waals surface area contributed by atoms with Crippen LogP contribution in [0.25, 0.3) is 22.3 Å². The second-order valence-electron chi connectivity index (χ2n) is 9.11. The highest BCUT2D eigenvalue weighted by molar-refractivity contribution is 6.16. The number of hydrogen-bond acceptors (Lipinski definition) is 6. The molecule has 2 N–H and O–H groups in total. The van der Waals surface area contributed by atoms with E-state index >= 15 is 0 Å². The number of hydrogen-bond donors (Lipinski definition) is 2. The summed E-state index contributed by atoms with van der Waals surface area (Å²) >= 11 is 0. The molecule has 2 aromatic heterocycles.